The fourth-order valence-corrected chi connectivity index (χ4v) is 1.76. The zero-order valence-electron chi connectivity index (χ0n) is 6.05. The summed E-state index contributed by atoms with van der Waals surface area (Å²) in [6.45, 7) is 0. The van der Waals surface area contributed by atoms with Crippen LogP contribution in [0.2, 0.25) is 0 Å². The average molecular weight is 155 g/mol. The van der Waals surface area contributed by atoms with Crippen molar-refractivity contribution in [2.24, 2.45) is 10.8 Å². The first kappa shape index (κ1) is 6.64. The first-order chi connectivity index (χ1) is 5.09. The maximum Gasteiger partial charge on any atom is 0.312 e. The highest BCUT2D eigenvalue weighted by Gasteiger charge is 2.88. The number of esters is 1. The first-order valence-corrected chi connectivity index (χ1v) is 3.39. The summed E-state index contributed by atoms with van der Waals surface area (Å²) in [6.07, 6.45) is 0.823. The third kappa shape index (κ3) is 0.480. The zero-order chi connectivity index (χ0) is 8.28. The Bertz CT molecular complexity index is 249. The van der Waals surface area contributed by atoms with E-state index in [0.29, 0.717) is 12.8 Å². The molecule has 2 saturated carbocycles. The molecule has 0 aliphatic heterocycles. The summed E-state index contributed by atoms with van der Waals surface area (Å²) < 4.78 is 4.46. The van der Waals surface area contributed by atoms with E-state index in [1.807, 2.05) is 0 Å². The minimum Gasteiger partial charge on any atom is -0.550 e. The van der Waals surface area contributed by atoms with Gasteiger partial charge in [-0.1, -0.05) is 0 Å². The molecule has 60 valence electrons. The third-order valence-electron chi connectivity index (χ3n) is 2.84. The van der Waals surface area contributed by atoms with Gasteiger partial charge in [0, 0.05) is 11.4 Å². The van der Waals surface area contributed by atoms with Crippen LogP contribution in [0, 0.1) is 10.8 Å². The molecule has 0 atom stereocenters. The van der Waals surface area contributed by atoms with Crippen molar-refractivity contribution in [1.82, 2.24) is 0 Å². The number of methoxy groups -OCH3 is 1. The molecule has 0 unspecified atom stereocenters. The van der Waals surface area contributed by atoms with Crippen molar-refractivity contribution in [3.63, 3.8) is 0 Å². The van der Waals surface area contributed by atoms with E-state index in [1.54, 1.807) is 0 Å². The molecule has 2 aliphatic rings. The van der Waals surface area contributed by atoms with Gasteiger partial charge in [-0.05, 0) is 12.8 Å². The van der Waals surface area contributed by atoms with Crippen molar-refractivity contribution >= 4 is 11.9 Å². The Morgan fingerprint density at radius 1 is 1.36 bits per heavy atom. The molecular formula is C7H7O4-. The summed E-state index contributed by atoms with van der Waals surface area (Å²) in [6, 6.07) is 0. The summed E-state index contributed by atoms with van der Waals surface area (Å²) in [4.78, 5) is 21.4. The van der Waals surface area contributed by atoms with Crippen LogP contribution in [0.1, 0.15) is 12.8 Å². The predicted molar refractivity (Wildman–Crippen MR) is 31.1 cm³/mol. The Morgan fingerprint density at radius 2 is 1.91 bits per heavy atom. The van der Waals surface area contributed by atoms with Crippen LogP contribution in [0.4, 0.5) is 0 Å². The molecule has 0 aromatic rings. The molecule has 0 bridgehead atoms. The quantitative estimate of drug-likeness (QED) is 0.464. The van der Waals surface area contributed by atoms with Gasteiger partial charge >= 0.3 is 5.97 Å². The molecule has 0 amide bonds. The van der Waals surface area contributed by atoms with Gasteiger partial charge in [-0.25, -0.2) is 0 Å². The van der Waals surface area contributed by atoms with E-state index < -0.39 is 22.8 Å². The van der Waals surface area contributed by atoms with Crippen molar-refractivity contribution in [3.8, 4) is 0 Å². The number of ether oxygens (including phenoxy) is 1. The third-order valence-corrected chi connectivity index (χ3v) is 2.84. The molecular weight excluding hydrogens is 148 g/mol. The lowest BCUT2D eigenvalue weighted by Gasteiger charge is -1.99. The number of rotatable bonds is 2. The van der Waals surface area contributed by atoms with Crippen LogP contribution >= 0.6 is 0 Å². The van der Waals surface area contributed by atoms with E-state index in [9.17, 15) is 14.7 Å². The van der Waals surface area contributed by atoms with Crippen LogP contribution in [0.15, 0.2) is 0 Å². The van der Waals surface area contributed by atoms with Crippen LogP contribution < -0.4 is 5.11 Å². The maximum absolute atomic E-state index is 10.9. The summed E-state index contributed by atoms with van der Waals surface area (Å²) >= 11 is 0. The molecule has 0 spiro atoms. The van der Waals surface area contributed by atoms with E-state index in [1.165, 1.54) is 7.11 Å². The average Bonchev–Trinajstić information content (AvgIpc) is 2.68. The second kappa shape index (κ2) is 1.42. The monoisotopic (exact) mass is 155 g/mol. The normalized spacial score (nSPS) is 44.1. The van der Waals surface area contributed by atoms with Crippen molar-refractivity contribution < 1.29 is 19.4 Å². The SMILES string of the molecule is COC(=O)C12CC1(C(=O)[O-])C2. The van der Waals surface area contributed by atoms with Gasteiger partial charge in [-0.15, -0.1) is 0 Å². The van der Waals surface area contributed by atoms with E-state index in [0.717, 1.165) is 0 Å². The first-order valence-electron chi connectivity index (χ1n) is 3.39. The highest BCUT2D eigenvalue weighted by Crippen LogP contribution is 2.86. The smallest absolute Gasteiger partial charge is 0.312 e. The summed E-state index contributed by atoms with van der Waals surface area (Å²) in [5, 5.41) is 10.4. The second-order valence-electron chi connectivity index (χ2n) is 3.30. The number of carboxylic acid groups (broad SMARTS) is 1. The summed E-state index contributed by atoms with van der Waals surface area (Å²) in [7, 11) is 1.27. The lowest BCUT2D eigenvalue weighted by atomic mass is 10.2. The molecule has 0 heterocycles. The van der Waals surface area contributed by atoms with E-state index in [4.69, 9.17) is 0 Å². The van der Waals surface area contributed by atoms with Gasteiger partial charge in [0.2, 0.25) is 0 Å². The number of aliphatic carboxylic acids is 1. The van der Waals surface area contributed by atoms with Gasteiger partial charge in [0.25, 0.3) is 0 Å². The topological polar surface area (TPSA) is 66.4 Å². The van der Waals surface area contributed by atoms with Gasteiger partial charge in [0.15, 0.2) is 0 Å². The van der Waals surface area contributed by atoms with Crippen LogP contribution in [0.5, 0.6) is 0 Å². The highest BCUT2D eigenvalue weighted by atomic mass is 16.5. The molecule has 4 heteroatoms. The van der Waals surface area contributed by atoms with Gasteiger partial charge in [0.05, 0.1) is 12.5 Å². The molecule has 0 aromatic heterocycles. The zero-order valence-corrected chi connectivity index (χ0v) is 6.05. The number of hydrogen-bond donors (Lipinski definition) is 0. The lowest BCUT2D eigenvalue weighted by molar-refractivity contribution is -0.311. The molecule has 0 saturated heterocycles. The van der Waals surface area contributed by atoms with E-state index >= 15 is 0 Å². The Hall–Kier alpha value is -1.06. The number of carbonyl (C=O) groups excluding carboxylic acids is 2. The minimum absolute atomic E-state index is 0.401. The van der Waals surface area contributed by atoms with Gasteiger partial charge < -0.3 is 14.6 Å². The fraction of sp³-hybridized carbons (Fsp3) is 0.714. The number of hydrogen-bond acceptors (Lipinski definition) is 4. The second-order valence-corrected chi connectivity index (χ2v) is 3.30. The van der Waals surface area contributed by atoms with Crippen molar-refractivity contribution in [1.29, 1.82) is 0 Å². The van der Waals surface area contributed by atoms with Crippen LogP contribution in [-0.4, -0.2) is 19.0 Å². The molecule has 11 heavy (non-hydrogen) atoms. The largest absolute Gasteiger partial charge is 0.550 e. The molecule has 2 rings (SSSR count). The Balaban J connectivity index is 2.14. The fourth-order valence-electron chi connectivity index (χ4n) is 1.76. The van der Waals surface area contributed by atoms with E-state index in [2.05, 4.69) is 4.74 Å². The molecule has 0 radical (unpaired) electrons. The molecule has 2 aliphatic carbocycles. The van der Waals surface area contributed by atoms with Crippen molar-refractivity contribution in [2.75, 3.05) is 7.11 Å². The Labute approximate surface area is 63.1 Å². The summed E-state index contributed by atoms with van der Waals surface area (Å²) in [5.41, 5.74) is -1.51. The van der Waals surface area contributed by atoms with Crippen LogP contribution in [-0.2, 0) is 14.3 Å². The number of carbonyl (C=O) groups is 2. The minimum atomic E-state index is -1.11. The van der Waals surface area contributed by atoms with Gasteiger partial charge in [-0.3, -0.25) is 4.79 Å². The molecule has 2 fully saturated rings. The number of fused-ring (bicyclic) bond motifs is 1. The van der Waals surface area contributed by atoms with Crippen molar-refractivity contribution in [2.45, 2.75) is 12.8 Å². The maximum atomic E-state index is 10.9. The molecule has 4 nitrogen and oxygen atoms in total. The van der Waals surface area contributed by atoms with E-state index in [-0.39, 0.29) is 0 Å². The Morgan fingerprint density at radius 3 is 2.18 bits per heavy atom. The molecule has 0 aromatic carbocycles. The predicted octanol–water partition coefficient (Wildman–Crippen LogP) is -1.31. The number of carboxylic acids is 1. The standard InChI is InChI=1S/C7H8O4/c1-11-5(10)7-2-6(7,3-7)4(8)9/h2-3H2,1H3,(H,8,9)/p-1. The summed E-state index contributed by atoms with van der Waals surface area (Å²) in [5.74, 6) is -1.51. The molecule has 0 N–H and O–H groups in total. The van der Waals surface area contributed by atoms with Gasteiger partial charge in [0.1, 0.15) is 0 Å². The van der Waals surface area contributed by atoms with Gasteiger partial charge in [-0.2, -0.15) is 0 Å². The van der Waals surface area contributed by atoms with Crippen molar-refractivity contribution in [3.05, 3.63) is 0 Å². The Kier molecular flexibility index (Phi) is 0.855. The highest BCUT2D eigenvalue weighted by molar-refractivity contribution is 6.00. The lowest BCUT2D eigenvalue weighted by Crippen LogP contribution is -2.28. The van der Waals surface area contributed by atoms with Crippen LogP contribution in [0.25, 0.3) is 0 Å². The van der Waals surface area contributed by atoms with Crippen LogP contribution in [0.3, 0.4) is 0 Å².